The van der Waals surface area contributed by atoms with Gasteiger partial charge in [-0.15, -0.1) is 0 Å². The summed E-state index contributed by atoms with van der Waals surface area (Å²) in [4.78, 5) is 39.7. The van der Waals surface area contributed by atoms with E-state index in [1.165, 1.54) is 0 Å². The molecule has 0 aliphatic rings. The molecule has 0 aliphatic heterocycles. The van der Waals surface area contributed by atoms with Gasteiger partial charge in [-0.25, -0.2) is 23.5 Å². The van der Waals surface area contributed by atoms with Crippen molar-refractivity contribution in [1.29, 1.82) is 0 Å². The van der Waals surface area contributed by atoms with E-state index in [9.17, 15) is 14.4 Å². The van der Waals surface area contributed by atoms with Crippen LogP contribution in [0, 0.1) is 6.92 Å². The predicted molar refractivity (Wildman–Crippen MR) is 102 cm³/mol. The summed E-state index contributed by atoms with van der Waals surface area (Å²) >= 11 is 0. The van der Waals surface area contributed by atoms with Crippen LogP contribution in [0.2, 0.25) is 0 Å². The van der Waals surface area contributed by atoms with E-state index < -0.39 is 17.1 Å². The Morgan fingerprint density at radius 1 is 0.741 bits per heavy atom. The lowest BCUT2D eigenvalue weighted by molar-refractivity contribution is 0.714. The highest BCUT2D eigenvalue weighted by Gasteiger charge is 2.14. The highest BCUT2D eigenvalue weighted by Crippen LogP contribution is 2.17. The van der Waals surface area contributed by atoms with Crippen molar-refractivity contribution >= 4 is 0 Å². The largest absolute Gasteiger partial charge is 0.345 e. The second-order valence-corrected chi connectivity index (χ2v) is 6.09. The zero-order chi connectivity index (χ0) is 19.0. The zero-order valence-electron chi connectivity index (χ0n) is 14.5. The van der Waals surface area contributed by atoms with Gasteiger partial charge < -0.3 is 4.57 Å². The molecule has 0 fully saturated rings. The quantitative estimate of drug-likeness (QED) is 0.605. The fourth-order valence-electron chi connectivity index (χ4n) is 3.07. The Hall–Kier alpha value is -3.87. The molecule has 0 saturated heterocycles. The molecule has 1 N–H and O–H groups in total. The minimum Gasteiger partial charge on any atom is -0.324 e. The van der Waals surface area contributed by atoms with Crippen LogP contribution < -0.4 is 17.1 Å². The molecular weight excluding hydrogens is 344 g/mol. The predicted octanol–water partition coefficient (Wildman–Crippen LogP) is 1.78. The normalized spacial score (nSPS) is 10.9. The number of aromatic nitrogens is 4. The van der Waals surface area contributed by atoms with E-state index in [0.29, 0.717) is 11.4 Å². The second-order valence-electron chi connectivity index (χ2n) is 6.09. The number of H-pyrrole nitrogens is 1. The second kappa shape index (κ2) is 6.45. The first-order valence-electron chi connectivity index (χ1n) is 8.34. The molecule has 7 heteroatoms. The third kappa shape index (κ3) is 2.85. The molecule has 4 aromatic rings. The Morgan fingerprint density at radius 2 is 1.37 bits per heavy atom. The van der Waals surface area contributed by atoms with Gasteiger partial charge in [0.1, 0.15) is 0 Å². The molecule has 0 aliphatic carbocycles. The van der Waals surface area contributed by atoms with Crippen molar-refractivity contribution in [1.82, 2.24) is 18.7 Å². The Balaban J connectivity index is 1.93. The van der Waals surface area contributed by atoms with Crippen LogP contribution in [0.4, 0.5) is 0 Å². The fourth-order valence-corrected chi connectivity index (χ4v) is 3.07. The van der Waals surface area contributed by atoms with Crippen LogP contribution in [0.5, 0.6) is 0 Å². The molecule has 2 aromatic heterocycles. The Labute approximate surface area is 153 Å². The number of para-hydroxylation sites is 1. The summed E-state index contributed by atoms with van der Waals surface area (Å²) in [5, 5.41) is 0. The molecular formula is C20H16N4O3. The average molecular weight is 360 g/mol. The van der Waals surface area contributed by atoms with E-state index in [1.807, 2.05) is 42.1 Å². The van der Waals surface area contributed by atoms with Gasteiger partial charge in [-0.3, -0.25) is 4.98 Å². The maximum atomic E-state index is 12.9. The van der Waals surface area contributed by atoms with Gasteiger partial charge in [0.05, 0.1) is 11.4 Å². The SMILES string of the molecule is Cc1cc(-n2c(=O)[nH]c(=O)n(-c3ccccc3)c2=O)ccc1-n1cccc1. The van der Waals surface area contributed by atoms with E-state index in [2.05, 4.69) is 4.98 Å². The highest BCUT2D eigenvalue weighted by atomic mass is 16.2. The standard InChI is InChI=1S/C20H16N4O3/c1-14-13-16(9-10-17(14)22-11-5-6-12-22)24-19(26)21-18(25)23(20(24)27)15-7-3-2-4-8-15/h2-13H,1H3,(H,21,25,26). The van der Waals surface area contributed by atoms with Gasteiger partial charge in [0.2, 0.25) is 0 Å². The number of rotatable bonds is 3. The summed E-state index contributed by atoms with van der Waals surface area (Å²) < 4.78 is 3.84. The van der Waals surface area contributed by atoms with Crippen molar-refractivity contribution in [2.45, 2.75) is 6.92 Å². The number of hydrogen-bond donors (Lipinski definition) is 1. The number of nitrogens with one attached hydrogen (secondary N) is 1. The molecule has 0 bridgehead atoms. The third-order valence-electron chi connectivity index (χ3n) is 4.34. The molecule has 134 valence electrons. The zero-order valence-corrected chi connectivity index (χ0v) is 14.5. The minimum absolute atomic E-state index is 0.387. The summed E-state index contributed by atoms with van der Waals surface area (Å²) in [7, 11) is 0. The van der Waals surface area contributed by atoms with Gasteiger partial charge in [-0.05, 0) is 55.0 Å². The van der Waals surface area contributed by atoms with Crippen molar-refractivity contribution in [2.75, 3.05) is 0 Å². The van der Waals surface area contributed by atoms with Gasteiger partial charge in [-0.1, -0.05) is 18.2 Å². The van der Waals surface area contributed by atoms with Gasteiger partial charge in [-0.2, -0.15) is 0 Å². The van der Waals surface area contributed by atoms with Gasteiger partial charge >= 0.3 is 17.1 Å². The molecule has 2 aromatic carbocycles. The van der Waals surface area contributed by atoms with Crippen molar-refractivity contribution in [3.63, 3.8) is 0 Å². The van der Waals surface area contributed by atoms with Crippen molar-refractivity contribution in [3.8, 4) is 17.1 Å². The fraction of sp³-hybridized carbons (Fsp3) is 0.0500. The number of hydrogen-bond acceptors (Lipinski definition) is 3. The molecule has 0 spiro atoms. The number of benzene rings is 2. The van der Waals surface area contributed by atoms with Crippen LogP contribution in [0.3, 0.4) is 0 Å². The maximum Gasteiger partial charge on any atom is 0.345 e. The van der Waals surface area contributed by atoms with E-state index in [-0.39, 0.29) is 0 Å². The van der Waals surface area contributed by atoms with E-state index in [1.54, 1.807) is 42.5 Å². The van der Waals surface area contributed by atoms with Crippen LogP contribution in [0.15, 0.2) is 87.4 Å². The molecule has 4 rings (SSSR count). The summed E-state index contributed by atoms with van der Waals surface area (Å²) in [6.45, 7) is 1.89. The maximum absolute atomic E-state index is 12.9. The molecule has 2 heterocycles. The lowest BCUT2D eigenvalue weighted by Gasteiger charge is -2.12. The third-order valence-corrected chi connectivity index (χ3v) is 4.34. The van der Waals surface area contributed by atoms with Crippen LogP contribution in [0.25, 0.3) is 17.1 Å². The van der Waals surface area contributed by atoms with E-state index >= 15 is 0 Å². The Kier molecular flexibility index (Phi) is 3.97. The van der Waals surface area contributed by atoms with Crippen molar-refractivity contribution < 1.29 is 0 Å². The van der Waals surface area contributed by atoms with Crippen LogP contribution in [-0.2, 0) is 0 Å². The molecule has 0 amide bonds. The van der Waals surface area contributed by atoms with Crippen LogP contribution in [-0.4, -0.2) is 18.7 Å². The lowest BCUT2D eigenvalue weighted by atomic mass is 10.1. The molecule has 7 nitrogen and oxygen atoms in total. The Morgan fingerprint density at radius 3 is 2.00 bits per heavy atom. The molecule has 0 radical (unpaired) electrons. The summed E-state index contributed by atoms with van der Waals surface area (Å²) in [6.07, 6.45) is 3.83. The van der Waals surface area contributed by atoms with Gasteiger partial charge in [0, 0.05) is 18.1 Å². The minimum atomic E-state index is -0.773. The first-order valence-corrected chi connectivity index (χ1v) is 8.34. The molecule has 0 atom stereocenters. The molecule has 0 saturated carbocycles. The summed E-state index contributed by atoms with van der Waals surface area (Å²) in [5.41, 5.74) is 0.330. The highest BCUT2D eigenvalue weighted by molar-refractivity contribution is 5.48. The average Bonchev–Trinajstić information content (AvgIpc) is 3.17. The summed E-state index contributed by atoms with van der Waals surface area (Å²) in [6, 6.07) is 17.6. The van der Waals surface area contributed by atoms with Crippen LogP contribution >= 0.6 is 0 Å². The smallest absolute Gasteiger partial charge is 0.324 e. The van der Waals surface area contributed by atoms with E-state index in [4.69, 9.17) is 0 Å². The Bertz CT molecular complexity index is 1280. The first kappa shape index (κ1) is 16.6. The summed E-state index contributed by atoms with van der Waals surface area (Å²) in [5.74, 6) is 0. The van der Waals surface area contributed by atoms with Crippen molar-refractivity contribution in [3.05, 3.63) is 110 Å². The molecule has 27 heavy (non-hydrogen) atoms. The number of aryl methyl sites for hydroxylation is 1. The number of aromatic amines is 1. The first-order chi connectivity index (χ1) is 13.1. The van der Waals surface area contributed by atoms with Crippen LogP contribution in [0.1, 0.15) is 5.56 Å². The van der Waals surface area contributed by atoms with Gasteiger partial charge in [0.15, 0.2) is 0 Å². The van der Waals surface area contributed by atoms with Crippen molar-refractivity contribution in [2.24, 2.45) is 0 Å². The lowest BCUT2D eigenvalue weighted by Crippen LogP contribution is -2.48. The van der Waals surface area contributed by atoms with E-state index in [0.717, 1.165) is 20.4 Å². The topological polar surface area (TPSA) is 81.8 Å². The molecule has 0 unspecified atom stereocenters. The number of nitrogens with zero attached hydrogens (tertiary/aromatic N) is 3. The monoisotopic (exact) mass is 360 g/mol. The van der Waals surface area contributed by atoms with Gasteiger partial charge in [0.25, 0.3) is 0 Å².